The summed E-state index contributed by atoms with van der Waals surface area (Å²) in [5.74, 6) is 0. The Hall–Kier alpha value is -1.76. The quantitative estimate of drug-likeness (QED) is 0.573. The second-order valence-electron chi connectivity index (χ2n) is 4.76. The van der Waals surface area contributed by atoms with E-state index in [1.165, 1.54) is 12.4 Å². The Bertz CT molecular complexity index is 796. The molecule has 0 atom stereocenters. The molecule has 6 nitrogen and oxygen atoms in total. The van der Waals surface area contributed by atoms with Gasteiger partial charge in [-0.25, -0.2) is 8.42 Å². The molecule has 142 valence electrons. The van der Waals surface area contributed by atoms with Crippen LogP contribution in [-0.2, 0) is 22.1 Å². The number of halogens is 7. The molecular weight excluding hydrogens is 402 g/mol. The van der Waals surface area contributed by atoms with Gasteiger partial charge in [-0.1, -0.05) is 0 Å². The van der Waals surface area contributed by atoms with Crippen molar-refractivity contribution in [3.63, 3.8) is 0 Å². The molecule has 0 aliphatic rings. The number of hydrogen-bond acceptors (Lipinski definition) is 4. The zero-order chi connectivity index (χ0) is 19.5. The van der Waals surface area contributed by atoms with Gasteiger partial charge in [-0.3, -0.25) is 9.36 Å². The van der Waals surface area contributed by atoms with Gasteiger partial charge in [0.15, 0.2) is 0 Å². The van der Waals surface area contributed by atoms with E-state index in [1.54, 1.807) is 6.92 Å². The van der Waals surface area contributed by atoms with E-state index in [9.17, 15) is 34.8 Å². The Balaban J connectivity index is 0.000000257. The van der Waals surface area contributed by atoms with Gasteiger partial charge >= 0.3 is 12.4 Å². The van der Waals surface area contributed by atoms with E-state index in [-0.39, 0.29) is 0 Å². The molecule has 0 spiro atoms. The molecule has 25 heavy (non-hydrogen) atoms. The lowest BCUT2D eigenvalue weighted by Gasteiger charge is -2.04. The van der Waals surface area contributed by atoms with Crippen LogP contribution in [0.15, 0.2) is 29.7 Å². The number of alkyl halides is 6. The van der Waals surface area contributed by atoms with Crippen molar-refractivity contribution < 1.29 is 34.8 Å². The first-order valence-electron chi connectivity index (χ1n) is 6.25. The topological polar surface area (TPSA) is 69.8 Å². The van der Waals surface area contributed by atoms with Gasteiger partial charge in [0, 0.05) is 23.1 Å². The monoisotopic (exact) mass is 412 g/mol. The summed E-state index contributed by atoms with van der Waals surface area (Å²) >= 11 is 0. The fourth-order valence-electron chi connectivity index (χ4n) is 1.48. The van der Waals surface area contributed by atoms with E-state index in [2.05, 4.69) is 10.2 Å². The molecule has 0 aliphatic heterocycles. The number of rotatable bonds is 3. The molecule has 0 saturated carbocycles. The molecule has 0 unspecified atom stereocenters. The van der Waals surface area contributed by atoms with Crippen molar-refractivity contribution in [1.82, 2.24) is 19.6 Å². The van der Waals surface area contributed by atoms with E-state index >= 15 is 0 Å². The first kappa shape index (κ1) is 21.3. The third kappa shape index (κ3) is 8.77. The Morgan fingerprint density at radius 2 is 1.40 bits per heavy atom. The number of hydrogen-bond donors (Lipinski definition) is 0. The molecule has 2 rings (SSSR count). The minimum Gasteiger partial charge on any atom is -0.263 e. The molecule has 2 aromatic heterocycles. The van der Waals surface area contributed by atoms with Crippen LogP contribution in [0, 0.1) is 6.92 Å². The van der Waals surface area contributed by atoms with E-state index in [4.69, 9.17) is 10.7 Å². The normalized spacial score (nSPS) is 12.6. The number of nitrogens with zero attached hydrogens (tertiary/aromatic N) is 4. The highest BCUT2D eigenvalue weighted by Crippen LogP contribution is 2.19. The second-order valence-corrected chi connectivity index (χ2v) is 7.32. The summed E-state index contributed by atoms with van der Waals surface area (Å²) in [4.78, 5) is -0.455. The standard InChI is InChI=1S/C6H7F3N2.C5H4ClF3N2O2S/c1-5-2-10-11(3-5)4-6(7,8)9;6-14(12,13)4-1-10-11(2-4)3-5(7,8)9/h2-3H,4H2,1H3;1-2H,3H2. The summed E-state index contributed by atoms with van der Waals surface area (Å²) in [6.45, 7) is -0.667. The summed E-state index contributed by atoms with van der Waals surface area (Å²) in [6.07, 6.45) is -4.40. The Morgan fingerprint density at radius 1 is 0.960 bits per heavy atom. The maximum absolute atomic E-state index is 11.8. The average molecular weight is 413 g/mol. The molecule has 0 aliphatic carbocycles. The zero-order valence-electron chi connectivity index (χ0n) is 12.4. The summed E-state index contributed by atoms with van der Waals surface area (Å²) in [5.41, 5.74) is 0.731. The van der Waals surface area contributed by atoms with Gasteiger partial charge in [0.25, 0.3) is 9.05 Å². The molecule has 0 fully saturated rings. The van der Waals surface area contributed by atoms with Crippen molar-refractivity contribution in [2.45, 2.75) is 37.3 Å². The van der Waals surface area contributed by atoms with Crippen molar-refractivity contribution in [2.24, 2.45) is 0 Å². The van der Waals surface area contributed by atoms with Gasteiger partial charge < -0.3 is 0 Å². The van der Waals surface area contributed by atoms with Gasteiger partial charge in [-0.15, -0.1) is 0 Å². The highest BCUT2D eigenvalue weighted by atomic mass is 35.7. The van der Waals surface area contributed by atoms with E-state index in [0.717, 1.165) is 22.6 Å². The van der Waals surface area contributed by atoms with Crippen molar-refractivity contribution in [3.05, 3.63) is 30.4 Å². The van der Waals surface area contributed by atoms with Crippen LogP contribution in [0.3, 0.4) is 0 Å². The second kappa shape index (κ2) is 7.64. The van der Waals surface area contributed by atoms with Gasteiger partial charge in [0.1, 0.15) is 18.0 Å². The van der Waals surface area contributed by atoms with Crippen LogP contribution >= 0.6 is 10.7 Å². The zero-order valence-corrected chi connectivity index (χ0v) is 14.0. The summed E-state index contributed by atoms with van der Waals surface area (Å²) < 4.78 is 93.1. The molecule has 0 aromatic carbocycles. The Kier molecular flexibility index (Phi) is 6.50. The molecule has 0 radical (unpaired) electrons. The van der Waals surface area contributed by atoms with Crippen molar-refractivity contribution >= 4 is 19.7 Å². The lowest BCUT2D eigenvalue weighted by molar-refractivity contribution is -0.143. The minimum absolute atomic E-state index is 0.454. The number of aromatic nitrogens is 4. The van der Waals surface area contributed by atoms with Gasteiger partial charge in [0.2, 0.25) is 0 Å². The lowest BCUT2D eigenvalue weighted by Crippen LogP contribution is -2.17. The van der Waals surface area contributed by atoms with Crippen molar-refractivity contribution in [2.75, 3.05) is 0 Å². The fraction of sp³-hybridized carbons (Fsp3) is 0.455. The smallest absolute Gasteiger partial charge is 0.263 e. The Morgan fingerprint density at radius 3 is 1.72 bits per heavy atom. The molecule has 0 saturated heterocycles. The maximum atomic E-state index is 11.8. The maximum Gasteiger partial charge on any atom is 0.408 e. The van der Waals surface area contributed by atoms with Crippen LogP contribution in [0.4, 0.5) is 26.3 Å². The largest absolute Gasteiger partial charge is 0.408 e. The highest BCUT2D eigenvalue weighted by Gasteiger charge is 2.29. The highest BCUT2D eigenvalue weighted by molar-refractivity contribution is 8.13. The predicted molar refractivity (Wildman–Crippen MR) is 74.3 cm³/mol. The number of aryl methyl sites for hydroxylation is 1. The van der Waals surface area contributed by atoms with E-state index in [1.807, 2.05) is 0 Å². The van der Waals surface area contributed by atoms with Gasteiger partial charge in [0.05, 0.1) is 12.4 Å². The van der Waals surface area contributed by atoms with Crippen LogP contribution in [0.1, 0.15) is 5.56 Å². The molecule has 0 N–H and O–H groups in total. The average Bonchev–Trinajstić information content (AvgIpc) is 2.95. The first-order chi connectivity index (χ1) is 11.2. The van der Waals surface area contributed by atoms with Gasteiger partial charge in [-0.05, 0) is 12.5 Å². The fourth-order valence-corrected chi connectivity index (χ4v) is 2.14. The minimum atomic E-state index is -4.45. The van der Waals surface area contributed by atoms with Gasteiger partial charge in [-0.2, -0.15) is 36.5 Å². The van der Waals surface area contributed by atoms with Crippen molar-refractivity contribution in [1.29, 1.82) is 0 Å². The summed E-state index contributed by atoms with van der Waals surface area (Å²) in [6, 6.07) is 0. The van der Waals surface area contributed by atoms with Crippen LogP contribution in [-0.4, -0.2) is 40.3 Å². The van der Waals surface area contributed by atoms with Crippen LogP contribution in [0.5, 0.6) is 0 Å². The van der Waals surface area contributed by atoms with Crippen LogP contribution < -0.4 is 0 Å². The molecular formula is C11H11ClF6N4O2S. The third-order valence-electron chi connectivity index (χ3n) is 2.34. The van der Waals surface area contributed by atoms with Crippen molar-refractivity contribution in [3.8, 4) is 0 Å². The third-order valence-corrected chi connectivity index (χ3v) is 3.64. The van der Waals surface area contributed by atoms with Crippen LogP contribution in [0.25, 0.3) is 0 Å². The summed E-state index contributed by atoms with van der Waals surface area (Å²) in [5, 5.41) is 6.70. The SMILES string of the molecule is Cc1cnn(CC(F)(F)F)c1.O=S(=O)(Cl)c1cnn(CC(F)(F)F)c1. The van der Waals surface area contributed by atoms with E-state index < -0.39 is 39.4 Å². The summed E-state index contributed by atoms with van der Waals surface area (Å²) in [7, 11) is 0.865. The molecule has 2 aromatic rings. The molecule has 2 heterocycles. The van der Waals surface area contributed by atoms with Crippen LogP contribution in [0.2, 0.25) is 0 Å². The predicted octanol–water partition coefficient (Wildman–Crippen LogP) is 3.13. The lowest BCUT2D eigenvalue weighted by atomic mass is 10.4. The molecule has 0 amide bonds. The Labute approximate surface area is 142 Å². The first-order valence-corrected chi connectivity index (χ1v) is 8.56. The molecule has 0 bridgehead atoms. The van der Waals surface area contributed by atoms with E-state index in [0.29, 0.717) is 4.68 Å². The molecule has 14 heteroatoms.